The first kappa shape index (κ1) is 20.9. The molecule has 7 heteroatoms. The molecule has 0 saturated heterocycles. The van der Waals surface area contributed by atoms with E-state index in [1.807, 2.05) is 37.0 Å². The molecule has 1 heterocycles. The second kappa shape index (κ2) is 7.67. The highest BCUT2D eigenvalue weighted by atomic mass is 35.5. The average Bonchev–Trinajstić information content (AvgIpc) is 2.97. The first-order valence-corrected chi connectivity index (χ1v) is 9.29. The topological polar surface area (TPSA) is 46.8 Å². The quantitative estimate of drug-likeness (QED) is 0.707. The molecule has 1 unspecified atom stereocenters. The van der Waals surface area contributed by atoms with Crippen LogP contribution in [-0.4, -0.2) is 39.2 Å². The van der Waals surface area contributed by atoms with E-state index in [0.29, 0.717) is 10.0 Å². The van der Waals surface area contributed by atoms with Gasteiger partial charge in [-0.2, -0.15) is 0 Å². The van der Waals surface area contributed by atoms with Gasteiger partial charge in [-0.05, 0) is 61.5 Å². The monoisotopic (exact) mass is 395 g/mol. The van der Waals surface area contributed by atoms with Gasteiger partial charge in [0, 0.05) is 10.0 Å². The maximum Gasteiger partial charge on any atom is 0.171 e. The molecular formula is C19H27Cl2N5. The largest absolute Gasteiger partial charge is 0.297 e. The number of benzene rings is 1. The summed E-state index contributed by atoms with van der Waals surface area (Å²) in [5.74, 6) is 0.814. The molecule has 0 amide bonds. The standard InChI is InChI=1S/C19H27Cl2N5/c1-18(2,3)16(11-9-13-8-10-14(20)12-15(13)21)26-17(22-23-24-26)19(4,5)25(6)7/h8-12,16H,1-7H3/b11-9-. The summed E-state index contributed by atoms with van der Waals surface area (Å²) in [5, 5.41) is 13.8. The lowest BCUT2D eigenvalue weighted by Gasteiger charge is -2.35. The highest BCUT2D eigenvalue weighted by molar-refractivity contribution is 6.35. The van der Waals surface area contributed by atoms with Crippen LogP contribution in [0.2, 0.25) is 10.0 Å². The fourth-order valence-electron chi connectivity index (χ4n) is 2.55. The lowest BCUT2D eigenvalue weighted by Crippen LogP contribution is -2.40. The van der Waals surface area contributed by atoms with E-state index >= 15 is 0 Å². The minimum absolute atomic E-state index is 0.0431. The molecule has 1 aromatic carbocycles. The summed E-state index contributed by atoms with van der Waals surface area (Å²) >= 11 is 12.3. The predicted octanol–water partition coefficient (Wildman–Crippen LogP) is 5.08. The van der Waals surface area contributed by atoms with E-state index in [0.717, 1.165) is 11.4 Å². The van der Waals surface area contributed by atoms with Crippen LogP contribution in [0.15, 0.2) is 24.3 Å². The number of tetrazole rings is 1. The van der Waals surface area contributed by atoms with Gasteiger partial charge in [-0.15, -0.1) is 5.10 Å². The fourth-order valence-corrected chi connectivity index (χ4v) is 3.02. The minimum Gasteiger partial charge on any atom is -0.297 e. The van der Waals surface area contributed by atoms with Crippen LogP contribution >= 0.6 is 23.2 Å². The number of allylic oxidation sites excluding steroid dienone is 1. The highest BCUT2D eigenvalue weighted by Crippen LogP contribution is 2.35. The summed E-state index contributed by atoms with van der Waals surface area (Å²) in [6.07, 6.45) is 4.10. The Labute approximate surface area is 166 Å². The smallest absolute Gasteiger partial charge is 0.171 e. The Balaban J connectivity index is 2.48. The molecule has 0 N–H and O–H groups in total. The molecule has 0 aliphatic carbocycles. The van der Waals surface area contributed by atoms with Crippen LogP contribution in [-0.2, 0) is 5.54 Å². The van der Waals surface area contributed by atoms with Crippen molar-refractivity contribution in [1.82, 2.24) is 25.1 Å². The Morgan fingerprint density at radius 2 is 1.77 bits per heavy atom. The predicted molar refractivity (Wildman–Crippen MR) is 109 cm³/mol. The van der Waals surface area contributed by atoms with Crippen molar-refractivity contribution in [3.8, 4) is 0 Å². The van der Waals surface area contributed by atoms with E-state index in [1.54, 1.807) is 6.07 Å². The molecule has 1 atom stereocenters. The molecular weight excluding hydrogens is 369 g/mol. The molecule has 0 spiro atoms. The molecule has 142 valence electrons. The molecule has 2 rings (SSSR count). The zero-order valence-electron chi connectivity index (χ0n) is 16.5. The van der Waals surface area contributed by atoms with Crippen molar-refractivity contribution < 1.29 is 0 Å². The number of hydrogen-bond donors (Lipinski definition) is 0. The van der Waals surface area contributed by atoms with E-state index in [-0.39, 0.29) is 17.0 Å². The van der Waals surface area contributed by atoms with Crippen molar-refractivity contribution in [3.63, 3.8) is 0 Å². The molecule has 0 aliphatic rings. The molecule has 26 heavy (non-hydrogen) atoms. The zero-order valence-corrected chi connectivity index (χ0v) is 18.0. The second-order valence-corrected chi connectivity index (χ2v) is 9.08. The Hall–Kier alpha value is -1.43. The van der Waals surface area contributed by atoms with E-state index in [4.69, 9.17) is 23.2 Å². The van der Waals surface area contributed by atoms with Crippen molar-refractivity contribution in [2.75, 3.05) is 14.1 Å². The number of hydrogen-bond acceptors (Lipinski definition) is 4. The van der Waals surface area contributed by atoms with Gasteiger partial charge in [-0.25, -0.2) is 4.68 Å². The van der Waals surface area contributed by atoms with Crippen molar-refractivity contribution in [1.29, 1.82) is 0 Å². The van der Waals surface area contributed by atoms with Crippen LogP contribution in [0, 0.1) is 5.41 Å². The van der Waals surface area contributed by atoms with Crippen molar-refractivity contribution in [2.24, 2.45) is 5.41 Å². The summed E-state index contributed by atoms with van der Waals surface area (Å²) in [7, 11) is 4.04. The van der Waals surface area contributed by atoms with Gasteiger partial charge in [-0.3, -0.25) is 4.90 Å². The Morgan fingerprint density at radius 3 is 2.31 bits per heavy atom. The van der Waals surface area contributed by atoms with Crippen LogP contribution in [0.5, 0.6) is 0 Å². The average molecular weight is 396 g/mol. The summed E-state index contributed by atoms with van der Waals surface area (Å²) in [6, 6.07) is 5.44. The molecule has 0 bridgehead atoms. The molecule has 1 aromatic heterocycles. The lowest BCUT2D eigenvalue weighted by molar-refractivity contribution is 0.163. The molecule has 5 nitrogen and oxygen atoms in total. The van der Waals surface area contributed by atoms with Crippen LogP contribution in [0.3, 0.4) is 0 Å². The van der Waals surface area contributed by atoms with Crippen molar-refractivity contribution >= 4 is 29.3 Å². The molecule has 0 aliphatic heterocycles. The fraction of sp³-hybridized carbons (Fsp3) is 0.526. The normalized spacial score (nSPS) is 14.4. The highest BCUT2D eigenvalue weighted by Gasteiger charge is 2.35. The number of nitrogens with zero attached hydrogens (tertiary/aromatic N) is 5. The van der Waals surface area contributed by atoms with Gasteiger partial charge < -0.3 is 0 Å². The third-order valence-corrected chi connectivity index (χ3v) is 5.29. The first-order chi connectivity index (χ1) is 11.9. The van der Waals surface area contributed by atoms with Crippen molar-refractivity contribution in [3.05, 3.63) is 45.7 Å². The lowest BCUT2D eigenvalue weighted by atomic mass is 9.85. The van der Waals surface area contributed by atoms with Crippen LogP contribution < -0.4 is 0 Å². The maximum atomic E-state index is 6.31. The van der Waals surface area contributed by atoms with E-state index in [1.165, 1.54) is 0 Å². The number of rotatable bonds is 5. The maximum absolute atomic E-state index is 6.31. The first-order valence-electron chi connectivity index (χ1n) is 8.53. The van der Waals surface area contributed by atoms with Crippen molar-refractivity contribution in [2.45, 2.75) is 46.2 Å². The Bertz CT molecular complexity index is 787. The van der Waals surface area contributed by atoms with Crippen LogP contribution in [0.25, 0.3) is 6.08 Å². The third kappa shape index (κ3) is 4.45. The minimum atomic E-state index is -0.307. The second-order valence-electron chi connectivity index (χ2n) is 8.24. The van der Waals surface area contributed by atoms with Crippen LogP contribution in [0.1, 0.15) is 52.0 Å². The third-order valence-electron chi connectivity index (χ3n) is 4.73. The van der Waals surface area contributed by atoms with E-state index in [2.05, 4.69) is 61.1 Å². The van der Waals surface area contributed by atoms with Gasteiger partial charge in [0.15, 0.2) is 5.82 Å². The van der Waals surface area contributed by atoms with E-state index in [9.17, 15) is 0 Å². The van der Waals surface area contributed by atoms with Gasteiger partial charge >= 0.3 is 0 Å². The number of halogens is 2. The molecule has 0 radical (unpaired) electrons. The SMILES string of the molecule is CN(C)C(C)(C)c1nnnn1C(/C=C\c1ccc(Cl)cc1Cl)C(C)(C)C. The summed E-state index contributed by atoms with van der Waals surface area (Å²) < 4.78 is 1.90. The molecule has 0 saturated carbocycles. The Morgan fingerprint density at radius 1 is 1.12 bits per heavy atom. The number of aromatic nitrogens is 4. The van der Waals surface area contributed by atoms with Gasteiger partial charge in [0.1, 0.15) is 0 Å². The molecule has 2 aromatic rings. The molecule has 0 fully saturated rings. The zero-order chi connectivity index (χ0) is 19.7. The van der Waals surface area contributed by atoms with E-state index < -0.39 is 0 Å². The summed E-state index contributed by atoms with van der Waals surface area (Å²) in [4.78, 5) is 2.11. The van der Waals surface area contributed by atoms with Gasteiger partial charge in [0.05, 0.1) is 11.6 Å². The van der Waals surface area contributed by atoms with Gasteiger partial charge in [-0.1, -0.05) is 62.2 Å². The van der Waals surface area contributed by atoms with Gasteiger partial charge in [0.2, 0.25) is 0 Å². The van der Waals surface area contributed by atoms with Gasteiger partial charge in [0.25, 0.3) is 0 Å². The summed E-state index contributed by atoms with van der Waals surface area (Å²) in [5.41, 5.74) is 0.507. The summed E-state index contributed by atoms with van der Waals surface area (Å²) in [6.45, 7) is 10.7. The van der Waals surface area contributed by atoms with Crippen LogP contribution in [0.4, 0.5) is 0 Å². The Kier molecular flexibility index (Phi) is 6.16.